The molecule has 6 atom stereocenters. The molecule has 5 aliphatic rings. The molecule has 0 radical (unpaired) electrons. The van der Waals surface area contributed by atoms with Gasteiger partial charge in [-0.15, -0.1) is 0 Å². The highest BCUT2D eigenvalue weighted by atomic mass is 16.2. The van der Waals surface area contributed by atoms with E-state index in [1.165, 1.54) is 6.42 Å². The van der Waals surface area contributed by atoms with E-state index in [0.717, 1.165) is 21.5 Å². The molecule has 7 rings (SSSR count). The SMILES string of the molecule is O=C1[C@@H]2[C@@H]3C=C[C@H]([C@@H]4C[C@H]34)[C@H]2C(=O)N1/N=C\c1c[nH]c2ccccc12. The molecule has 25 heavy (non-hydrogen) atoms. The maximum Gasteiger partial charge on any atom is 0.254 e. The molecule has 4 aliphatic carbocycles. The van der Waals surface area contributed by atoms with Crippen molar-refractivity contribution in [1.29, 1.82) is 0 Å². The molecule has 1 aromatic heterocycles. The molecule has 2 amide bonds. The zero-order valence-corrected chi connectivity index (χ0v) is 13.5. The molecule has 2 heterocycles. The van der Waals surface area contributed by atoms with Crippen LogP contribution >= 0.6 is 0 Å². The number of aromatic amines is 1. The molecule has 1 N–H and O–H groups in total. The van der Waals surface area contributed by atoms with Crippen LogP contribution in [-0.4, -0.2) is 28.0 Å². The lowest BCUT2D eigenvalue weighted by Gasteiger charge is -2.37. The summed E-state index contributed by atoms with van der Waals surface area (Å²) in [6, 6.07) is 7.91. The fraction of sp³-hybridized carbons (Fsp3) is 0.350. The monoisotopic (exact) mass is 331 g/mol. The Morgan fingerprint density at radius 3 is 2.44 bits per heavy atom. The smallest absolute Gasteiger partial charge is 0.254 e. The van der Waals surface area contributed by atoms with Gasteiger partial charge in [0.2, 0.25) is 0 Å². The summed E-state index contributed by atoms with van der Waals surface area (Å²) in [6.45, 7) is 0. The molecule has 0 spiro atoms. The molecule has 0 unspecified atom stereocenters. The van der Waals surface area contributed by atoms with E-state index in [1.54, 1.807) is 6.21 Å². The van der Waals surface area contributed by atoms with Crippen molar-refractivity contribution in [1.82, 2.24) is 9.99 Å². The number of hydrogen-bond donors (Lipinski definition) is 1. The topological polar surface area (TPSA) is 65.5 Å². The second-order valence-corrected chi connectivity index (χ2v) is 7.68. The van der Waals surface area contributed by atoms with Gasteiger partial charge in [0.15, 0.2) is 0 Å². The number of para-hydroxylation sites is 1. The second kappa shape index (κ2) is 4.48. The first-order valence-corrected chi connectivity index (χ1v) is 8.90. The van der Waals surface area contributed by atoms with E-state index in [-0.39, 0.29) is 35.5 Å². The Bertz CT molecular complexity index is 952. The zero-order valence-electron chi connectivity index (χ0n) is 13.5. The fourth-order valence-electron chi connectivity index (χ4n) is 5.38. The van der Waals surface area contributed by atoms with Gasteiger partial charge in [0.25, 0.3) is 11.8 Å². The third-order valence-corrected chi connectivity index (χ3v) is 6.57. The van der Waals surface area contributed by atoms with Gasteiger partial charge in [-0.2, -0.15) is 10.1 Å². The summed E-state index contributed by atoms with van der Waals surface area (Å²) in [7, 11) is 0. The van der Waals surface area contributed by atoms with Crippen LogP contribution in [-0.2, 0) is 9.59 Å². The first-order chi connectivity index (χ1) is 12.2. The van der Waals surface area contributed by atoms with Gasteiger partial charge in [-0.1, -0.05) is 30.4 Å². The number of hydrazone groups is 1. The molecule has 2 aromatic rings. The van der Waals surface area contributed by atoms with Crippen molar-refractivity contribution in [2.75, 3.05) is 0 Å². The lowest BCUT2D eigenvalue weighted by Crippen LogP contribution is -2.40. The van der Waals surface area contributed by atoms with E-state index in [4.69, 9.17) is 0 Å². The highest BCUT2D eigenvalue weighted by Gasteiger charge is 2.67. The van der Waals surface area contributed by atoms with Crippen LogP contribution < -0.4 is 0 Å². The van der Waals surface area contributed by atoms with Gasteiger partial charge in [0.05, 0.1) is 18.1 Å². The van der Waals surface area contributed by atoms with Gasteiger partial charge in [-0.25, -0.2) is 0 Å². The minimum Gasteiger partial charge on any atom is -0.361 e. The van der Waals surface area contributed by atoms with E-state index in [0.29, 0.717) is 11.8 Å². The summed E-state index contributed by atoms with van der Waals surface area (Å²) in [5.74, 6) is 1.11. The maximum absolute atomic E-state index is 12.9. The molecule has 124 valence electrons. The average molecular weight is 331 g/mol. The van der Waals surface area contributed by atoms with Crippen LogP contribution in [0.15, 0.2) is 47.7 Å². The number of benzene rings is 1. The number of nitrogens with one attached hydrogen (secondary N) is 1. The molecule has 3 fully saturated rings. The van der Waals surface area contributed by atoms with Crippen molar-refractivity contribution in [3.63, 3.8) is 0 Å². The second-order valence-electron chi connectivity index (χ2n) is 7.68. The Hall–Kier alpha value is -2.69. The summed E-state index contributed by atoms with van der Waals surface area (Å²) < 4.78 is 0. The van der Waals surface area contributed by atoms with Gasteiger partial charge >= 0.3 is 0 Å². The van der Waals surface area contributed by atoms with E-state index in [9.17, 15) is 9.59 Å². The molecule has 2 saturated carbocycles. The van der Waals surface area contributed by atoms with E-state index in [2.05, 4.69) is 22.2 Å². The predicted molar refractivity (Wildman–Crippen MR) is 92.4 cm³/mol. The van der Waals surface area contributed by atoms with Crippen molar-refractivity contribution in [2.45, 2.75) is 6.42 Å². The first-order valence-electron chi connectivity index (χ1n) is 8.90. The van der Waals surface area contributed by atoms with Crippen LogP contribution in [0.25, 0.3) is 10.9 Å². The third-order valence-electron chi connectivity index (χ3n) is 6.57. The number of carbonyl (C=O) groups is 2. The molecule has 1 aromatic carbocycles. The average Bonchev–Trinajstić information content (AvgIpc) is 3.31. The number of amides is 2. The van der Waals surface area contributed by atoms with Crippen LogP contribution in [0.3, 0.4) is 0 Å². The van der Waals surface area contributed by atoms with Crippen LogP contribution in [0.5, 0.6) is 0 Å². The largest absolute Gasteiger partial charge is 0.361 e. The number of nitrogens with zero attached hydrogens (tertiary/aromatic N) is 2. The van der Waals surface area contributed by atoms with Crippen molar-refractivity contribution in [2.24, 2.45) is 40.6 Å². The van der Waals surface area contributed by atoms with Gasteiger partial charge in [0.1, 0.15) is 0 Å². The number of rotatable bonds is 2. The molecule has 5 nitrogen and oxygen atoms in total. The Balaban J connectivity index is 1.35. The summed E-state index contributed by atoms with van der Waals surface area (Å²) in [4.78, 5) is 28.9. The number of fused-ring (bicyclic) bond motifs is 1. The van der Waals surface area contributed by atoms with Crippen molar-refractivity contribution < 1.29 is 9.59 Å². The highest BCUT2D eigenvalue weighted by molar-refractivity contribution is 6.07. The van der Waals surface area contributed by atoms with Gasteiger partial charge in [-0.05, 0) is 36.2 Å². The normalized spacial score (nSPS) is 38.0. The number of imide groups is 1. The summed E-state index contributed by atoms with van der Waals surface area (Å²) >= 11 is 0. The number of hydrogen-bond acceptors (Lipinski definition) is 3. The van der Waals surface area contributed by atoms with Gasteiger partial charge < -0.3 is 4.98 Å². The number of H-pyrrole nitrogens is 1. The standard InChI is InChI=1S/C20H17N3O2/c24-19-17-12-5-6-13(15-7-14(12)15)18(17)20(25)23(19)22-9-10-8-21-16-4-2-1-3-11(10)16/h1-6,8-9,12-15,17-18,21H,7H2/b22-9-/t12-,13-,14-,15+,17-,18-/m1/s1. The summed E-state index contributed by atoms with van der Waals surface area (Å²) in [5.41, 5.74) is 1.90. The molecular formula is C20H17N3O2. The fourth-order valence-corrected chi connectivity index (χ4v) is 5.38. The van der Waals surface area contributed by atoms with Crippen molar-refractivity contribution in [3.05, 3.63) is 48.2 Å². The Labute approximate surface area is 144 Å². The van der Waals surface area contributed by atoms with Crippen molar-refractivity contribution in [3.8, 4) is 0 Å². The first kappa shape index (κ1) is 13.6. The minimum atomic E-state index is -0.189. The predicted octanol–water partition coefficient (Wildman–Crippen LogP) is 2.55. The Morgan fingerprint density at radius 2 is 1.72 bits per heavy atom. The van der Waals surface area contributed by atoms with Crippen LogP contribution in [0.2, 0.25) is 0 Å². The molecule has 5 heteroatoms. The lowest BCUT2D eigenvalue weighted by molar-refractivity contribution is -0.140. The summed E-state index contributed by atoms with van der Waals surface area (Å²) in [6.07, 6.45) is 9.01. The van der Waals surface area contributed by atoms with Crippen LogP contribution in [0.4, 0.5) is 0 Å². The Morgan fingerprint density at radius 1 is 1.04 bits per heavy atom. The van der Waals surface area contributed by atoms with E-state index in [1.807, 2.05) is 30.5 Å². The van der Waals surface area contributed by atoms with Gasteiger partial charge in [-0.3, -0.25) is 9.59 Å². The number of allylic oxidation sites excluding steroid dienone is 2. The van der Waals surface area contributed by atoms with Gasteiger partial charge in [0, 0.05) is 22.7 Å². The molecule has 1 saturated heterocycles. The highest BCUT2D eigenvalue weighted by Crippen LogP contribution is 2.65. The number of carbonyl (C=O) groups excluding carboxylic acids is 2. The quantitative estimate of drug-likeness (QED) is 0.522. The van der Waals surface area contributed by atoms with E-state index < -0.39 is 0 Å². The zero-order chi connectivity index (χ0) is 16.7. The summed E-state index contributed by atoms with van der Waals surface area (Å²) in [5, 5.41) is 6.47. The van der Waals surface area contributed by atoms with Crippen molar-refractivity contribution >= 4 is 28.9 Å². The third kappa shape index (κ3) is 1.65. The van der Waals surface area contributed by atoms with Crippen LogP contribution in [0, 0.1) is 35.5 Å². The molecule has 1 aliphatic heterocycles. The van der Waals surface area contributed by atoms with Crippen LogP contribution in [0.1, 0.15) is 12.0 Å². The minimum absolute atomic E-state index is 0.115. The lowest BCUT2D eigenvalue weighted by atomic mass is 9.63. The number of aromatic nitrogens is 1. The molecular weight excluding hydrogens is 314 g/mol. The molecule has 2 bridgehead atoms. The maximum atomic E-state index is 12.9. The Kier molecular flexibility index (Phi) is 2.43. The van der Waals surface area contributed by atoms with E-state index >= 15 is 0 Å².